The summed E-state index contributed by atoms with van der Waals surface area (Å²) in [4.78, 5) is 70.5. The summed E-state index contributed by atoms with van der Waals surface area (Å²) in [6, 6.07) is 24.7. The standard InChI is InChI=1S/C36H40BrN5O5/c1-38-33(44)31(22-25-12-4-2-5-13-25)41-21-20-40(23-26-14-6-3-7-15-26)24-30(36(41)47)39-32(43)29(37)18-10-11-19-42-34(45)27-16-8-9-17-28(27)35(42)46/h2-9,12-17,29-31H,10-11,18-24H2,1H3,(H,38,44)(H,39,43). The quantitative estimate of drug-likeness (QED) is 0.160. The molecular formula is C36H40BrN5O5. The molecule has 3 aromatic rings. The summed E-state index contributed by atoms with van der Waals surface area (Å²) >= 11 is 3.50. The van der Waals surface area contributed by atoms with E-state index in [2.05, 4.69) is 31.5 Å². The number of carbonyl (C=O) groups excluding carboxylic acids is 5. The van der Waals surface area contributed by atoms with Gasteiger partial charge in [0, 0.05) is 46.2 Å². The maximum atomic E-state index is 14.1. The van der Waals surface area contributed by atoms with Gasteiger partial charge in [-0.25, -0.2) is 0 Å². The third-order valence-corrected chi connectivity index (χ3v) is 9.57. The van der Waals surface area contributed by atoms with Crippen molar-refractivity contribution in [1.29, 1.82) is 0 Å². The van der Waals surface area contributed by atoms with Crippen molar-refractivity contribution in [3.8, 4) is 0 Å². The molecule has 3 unspecified atom stereocenters. The Kier molecular flexibility index (Phi) is 11.6. The van der Waals surface area contributed by atoms with Gasteiger partial charge in [-0.2, -0.15) is 0 Å². The van der Waals surface area contributed by atoms with Crippen LogP contribution in [0.3, 0.4) is 0 Å². The Hall–Kier alpha value is -4.35. The van der Waals surface area contributed by atoms with Gasteiger partial charge >= 0.3 is 0 Å². The van der Waals surface area contributed by atoms with Gasteiger partial charge in [0.25, 0.3) is 11.8 Å². The number of rotatable bonds is 13. The normalized spacial score (nSPS) is 18.0. The van der Waals surface area contributed by atoms with Crippen LogP contribution in [0.15, 0.2) is 84.9 Å². The Labute approximate surface area is 283 Å². The molecule has 1 saturated heterocycles. The molecule has 0 radical (unpaired) electrons. The molecule has 2 N–H and O–H groups in total. The number of halogens is 1. The molecule has 0 saturated carbocycles. The van der Waals surface area contributed by atoms with E-state index in [1.807, 2.05) is 60.7 Å². The Bertz CT molecular complexity index is 1550. The van der Waals surface area contributed by atoms with Crippen LogP contribution in [0.4, 0.5) is 0 Å². The van der Waals surface area contributed by atoms with E-state index in [0.29, 0.717) is 63.0 Å². The second-order valence-electron chi connectivity index (χ2n) is 11.9. The molecule has 3 aromatic carbocycles. The molecule has 2 aliphatic heterocycles. The topological polar surface area (TPSA) is 119 Å². The molecule has 5 amide bonds. The fourth-order valence-electron chi connectivity index (χ4n) is 6.17. The van der Waals surface area contributed by atoms with Gasteiger partial charge in [0.2, 0.25) is 17.7 Å². The van der Waals surface area contributed by atoms with Crippen molar-refractivity contribution in [2.24, 2.45) is 0 Å². The number of imide groups is 1. The lowest BCUT2D eigenvalue weighted by Gasteiger charge is -2.31. The zero-order valence-electron chi connectivity index (χ0n) is 26.4. The average molecular weight is 703 g/mol. The SMILES string of the molecule is CNC(=O)C(Cc1ccccc1)N1CCN(Cc2ccccc2)CC(NC(=O)C(Br)CCCCN2C(=O)c3ccccc3C2=O)C1=O. The molecule has 0 bridgehead atoms. The number of alkyl halides is 1. The highest BCUT2D eigenvalue weighted by molar-refractivity contribution is 9.10. The summed E-state index contributed by atoms with van der Waals surface area (Å²) in [6.45, 7) is 2.01. The smallest absolute Gasteiger partial charge is 0.261 e. The van der Waals surface area contributed by atoms with Gasteiger partial charge in [-0.1, -0.05) is 95.1 Å². The fraction of sp³-hybridized carbons (Fsp3) is 0.361. The molecule has 2 heterocycles. The van der Waals surface area contributed by atoms with Crippen LogP contribution in [0, 0.1) is 0 Å². The minimum absolute atomic E-state index is 0.264. The lowest BCUT2D eigenvalue weighted by Crippen LogP contribution is -2.57. The van der Waals surface area contributed by atoms with Gasteiger partial charge in [-0.3, -0.25) is 33.8 Å². The van der Waals surface area contributed by atoms with E-state index in [4.69, 9.17) is 0 Å². The first kappa shape index (κ1) is 34.0. The van der Waals surface area contributed by atoms with Crippen LogP contribution in [0.1, 0.15) is 51.1 Å². The molecule has 0 aliphatic carbocycles. The number of fused-ring (bicyclic) bond motifs is 1. The summed E-state index contributed by atoms with van der Waals surface area (Å²) in [5.74, 6) is -1.48. The number of unbranched alkanes of at least 4 members (excludes halogenated alkanes) is 1. The van der Waals surface area contributed by atoms with Crippen molar-refractivity contribution in [2.45, 2.75) is 49.1 Å². The maximum Gasteiger partial charge on any atom is 0.261 e. The van der Waals surface area contributed by atoms with Crippen LogP contribution in [0.2, 0.25) is 0 Å². The summed E-state index contributed by atoms with van der Waals surface area (Å²) in [5.41, 5.74) is 2.85. The van der Waals surface area contributed by atoms with Crippen LogP contribution >= 0.6 is 15.9 Å². The van der Waals surface area contributed by atoms with Crippen molar-refractivity contribution in [3.05, 3.63) is 107 Å². The van der Waals surface area contributed by atoms with E-state index >= 15 is 0 Å². The van der Waals surface area contributed by atoms with Crippen LogP contribution < -0.4 is 10.6 Å². The van der Waals surface area contributed by atoms with Crippen molar-refractivity contribution < 1.29 is 24.0 Å². The molecule has 5 rings (SSSR count). The third-order valence-electron chi connectivity index (χ3n) is 8.69. The molecular weight excluding hydrogens is 662 g/mol. The maximum absolute atomic E-state index is 14.1. The minimum Gasteiger partial charge on any atom is -0.357 e. The van der Waals surface area contributed by atoms with Crippen LogP contribution in [-0.2, 0) is 27.3 Å². The van der Waals surface area contributed by atoms with Gasteiger partial charge in [0.15, 0.2) is 0 Å². The van der Waals surface area contributed by atoms with E-state index < -0.39 is 16.9 Å². The molecule has 0 spiro atoms. The van der Waals surface area contributed by atoms with Gasteiger partial charge < -0.3 is 15.5 Å². The molecule has 2 aliphatic rings. The van der Waals surface area contributed by atoms with Crippen LogP contribution in [0.25, 0.3) is 0 Å². The number of hydrogen-bond acceptors (Lipinski definition) is 6. The predicted molar refractivity (Wildman–Crippen MR) is 182 cm³/mol. The number of carbonyl (C=O) groups is 5. The van der Waals surface area contributed by atoms with Crippen molar-refractivity contribution >= 4 is 45.5 Å². The highest BCUT2D eigenvalue weighted by Gasteiger charge is 2.38. The Morgan fingerprint density at radius 2 is 1.40 bits per heavy atom. The van der Waals surface area contributed by atoms with Crippen LogP contribution in [-0.4, -0.2) is 94.4 Å². The summed E-state index contributed by atoms with van der Waals surface area (Å²) in [7, 11) is 1.56. The summed E-state index contributed by atoms with van der Waals surface area (Å²) in [5, 5.41) is 5.69. The lowest BCUT2D eigenvalue weighted by atomic mass is 10.0. The summed E-state index contributed by atoms with van der Waals surface area (Å²) < 4.78 is 0. The van der Waals surface area contributed by atoms with Crippen molar-refractivity contribution in [1.82, 2.24) is 25.3 Å². The third kappa shape index (κ3) is 8.33. The Morgan fingerprint density at radius 3 is 2.02 bits per heavy atom. The Balaban J connectivity index is 1.24. The minimum atomic E-state index is -0.866. The molecule has 10 nitrogen and oxygen atoms in total. The van der Waals surface area contributed by atoms with Gasteiger partial charge in [0.05, 0.1) is 16.0 Å². The largest absolute Gasteiger partial charge is 0.357 e. The van der Waals surface area contributed by atoms with Gasteiger partial charge in [0.1, 0.15) is 12.1 Å². The molecule has 3 atom stereocenters. The number of amides is 5. The number of nitrogens with one attached hydrogen (secondary N) is 2. The number of hydrogen-bond donors (Lipinski definition) is 2. The number of nitrogens with zero attached hydrogens (tertiary/aromatic N) is 3. The second kappa shape index (κ2) is 16.0. The molecule has 0 aromatic heterocycles. The monoisotopic (exact) mass is 701 g/mol. The highest BCUT2D eigenvalue weighted by atomic mass is 79.9. The number of benzene rings is 3. The first-order chi connectivity index (χ1) is 22.8. The molecule has 11 heteroatoms. The predicted octanol–water partition coefficient (Wildman–Crippen LogP) is 3.40. The van der Waals surface area contributed by atoms with E-state index in [0.717, 1.165) is 11.1 Å². The number of likely N-dealkylation sites (N-methyl/N-ethyl adjacent to an activating group) is 1. The van der Waals surface area contributed by atoms with E-state index in [1.54, 1.807) is 36.2 Å². The first-order valence-corrected chi connectivity index (χ1v) is 16.9. The lowest BCUT2D eigenvalue weighted by molar-refractivity contribution is -0.142. The molecule has 1 fully saturated rings. The van der Waals surface area contributed by atoms with E-state index in [-0.39, 0.29) is 36.1 Å². The van der Waals surface area contributed by atoms with E-state index in [9.17, 15) is 24.0 Å². The first-order valence-electron chi connectivity index (χ1n) is 16.0. The van der Waals surface area contributed by atoms with Gasteiger partial charge in [-0.05, 0) is 36.1 Å². The average Bonchev–Trinajstić information content (AvgIpc) is 3.23. The molecule has 246 valence electrons. The van der Waals surface area contributed by atoms with Crippen molar-refractivity contribution in [3.63, 3.8) is 0 Å². The van der Waals surface area contributed by atoms with Crippen LogP contribution in [0.5, 0.6) is 0 Å². The summed E-state index contributed by atoms with van der Waals surface area (Å²) in [6.07, 6.45) is 1.91. The highest BCUT2D eigenvalue weighted by Crippen LogP contribution is 2.23. The van der Waals surface area contributed by atoms with Gasteiger partial charge in [-0.15, -0.1) is 0 Å². The van der Waals surface area contributed by atoms with E-state index in [1.165, 1.54) is 4.90 Å². The zero-order chi connectivity index (χ0) is 33.3. The second-order valence-corrected chi connectivity index (χ2v) is 13.0. The Morgan fingerprint density at radius 1 is 0.809 bits per heavy atom. The molecule has 47 heavy (non-hydrogen) atoms. The van der Waals surface area contributed by atoms with Crippen molar-refractivity contribution in [2.75, 3.05) is 33.2 Å². The fourth-order valence-corrected chi connectivity index (χ4v) is 6.62. The zero-order valence-corrected chi connectivity index (χ0v) is 28.0.